The molecule has 0 aliphatic heterocycles. The molecule has 6 heteroatoms. The molecule has 0 aliphatic rings. The molecule has 0 aromatic rings. The SMILES string of the molecule is CON(C)C(=O)C(N)CCSC.Cl. The molecular weight excluding hydrogens is 212 g/mol. The van der Waals surface area contributed by atoms with Crippen LogP contribution < -0.4 is 5.73 Å². The van der Waals surface area contributed by atoms with Crippen molar-refractivity contribution in [1.82, 2.24) is 5.06 Å². The summed E-state index contributed by atoms with van der Waals surface area (Å²) < 4.78 is 0. The predicted molar refractivity (Wildman–Crippen MR) is 58.0 cm³/mol. The number of nitrogens with zero attached hydrogens (tertiary/aromatic N) is 1. The number of halogens is 1. The molecule has 13 heavy (non-hydrogen) atoms. The Morgan fingerprint density at radius 1 is 1.69 bits per heavy atom. The van der Waals surface area contributed by atoms with Crippen LogP contribution in [0.2, 0.25) is 0 Å². The van der Waals surface area contributed by atoms with Gasteiger partial charge in [0.25, 0.3) is 5.91 Å². The van der Waals surface area contributed by atoms with E-state index in [0.717, 1.165) is 10.8 Å². The summed E-state index contributed by atoms with van der Waals surface area (Å²) in [5.41, 5.74) is 5.60. The maximum atomic E-state index is 11.2. The fourth-order valence-corrected chi connectivity index (χ4v) is 1.18. The first kappa shape index (κ1) is 15.5. The molecular formula is C7H17ClN2O2S. The molecule has 2 N–H and O–H groups in total. The van der Waals surface area contributed by atoms with Gasteiger partial charge < -0.3 is 5.73 Å². The van der Waals surface area contributed by atoms with Crippen LogP contribution in [0.4, 0.5) is 0 Å². The van der Waals surface area contributed by atoms with E-state index in [0.29, 0.717) is 6.42 Å². The molecule has 0 aromatic heterocycles. The van der Waals surface area contributed by atoms with E-state index in [1.807, 2.05) is 6.26 Å². The Bertz CT molecular complexity index is 148. The van der Waals surface area contributed by atoms with E-state index in [1.54, 1.807) is 18.8 Å². The van der Waals surface area contributed by atoms with E-state index < -0.39 is 6.04 Å². The molecule has 0 saturated heterocycles. The first-order valence-corrected chi connectivity index (χ1v) is 5.09. The van der Waals surface area contributed by atoms with Crippen molar-refractivity contribution in [3.8, 4) is 0 Å². The van der Waals surface area contributed by atoms with Crippen molar-refractivity contribution in [2.45, 2.75) is 12.5 Å². The zero-order valence-corrected chi connectivity index (χ0v) is 9.78. The molecule has 0 aliphatic carbocycles. The summed E-state index contributed by atoms with van der Waals surface area (Å²) in [4.78, 5) is 16.0. The van der Waals surface area contributed by atoms with Crippen LogP contribution in [0.1, 0.15) is 6.42 Å². The molecule has 0 radical (unpaired) electrons. The van der Waals surface area contributed by atoms with Gasteiger partial charge in [-0.3, -0.25) is 9.63 Å². The van der Waals surface area contributed by atoms with E-state index in [2.05, 4.69) is 0 Å². The highest BCUT2D eigenvalue weighted by Crippen LogP contribution is 2.01. The first-order chi connectivity index (χ1) is 5.63. The van der Waals surface area contributed by atoms with Crippen molar-refractivity contribution in [1.29, 1.82) is 0 Å². The Morgan fingerprint density at radius 3 is 2.62 bits per heavy atom. The van der Waals surface area contributed by atoms with Gasteiger partial charge in [-0.05, 0) is 18.4 Å². The standard InChI is InChI=1S/C7H16N2O2S.ClH/c1-9(11-2)7(10)6(8)4-5-12-3;/h6H,4-5,8H2,1-3H3;1H. The summed E-state index contributed by atoms with van der Waals surface area (Å²) in [5, 5.41) is 1.16. The molecule has 0 heterocycles. The van der Waals surface area contributed by atoms with Gasteiger partial charge in [-0.2, -0.15) is 11.8 Å². The lowest BCUT2D eigenvalue weighted by atomic mass is 10.2. The van der Waals surface area contributed by atoms with E-state index in [-0.39, 0.29) is 18.3 Å². The fraction of sp³-hybridized carbons (Fsp3) is 0.857. The Hall–Kier alpha value is 0.0300. The highest BCUT2D eigenvalue weighted by atomic mass is 35.5. The Labute approximate surface area is 89.5 Å². The third-order valence-corrected chi connectivity index (χ3v) is 2.18. The third-order valence-electron chi connectivity index (χ3n) is 1.53. The average molecular weight is 229 g/mol. The smallest absolute Gasteiger partial charge is 0.262 e. The number of thioether (sulfide) groups is 1. The minimum Gasteiger partial charge on any atom is -0.320 e. The summed E-state index contributed by atoms with van der Waals surface area (Å²) in [6, 6.07) is -0.442. The van der Waals surface area contributed by atoms with Crippen molar-refractivity contribution in [3.63, 3.8) is 0 Å². The zero-order valence-electron chi connectivity index (χ0n) is 8.15. The molecule has 0 rings (SSSR count). The van der Waals surface area contributed by atoms with Gasteiger partial charge in [-0.1, -0.05) is 0 Å². The second-order valence-corrected chi connectivity index (χ2v) is 3.39. The van der Waals surface area contributed by atoms with Gasteiger partial charge in [0.15, 0.2) is 0 Å². The lowest BCUT2D eigenvalue weighted by Gasteiger charge is -2.17. The number of likely N-dealkylation sites (N-methyl/N-ethyl adjacent to an activating group) is 1. The van der Waals surface area contributed by atoms with Gasteiger partial charge in [0.05, 0.1) is 13.2 Å². The van der Waals surface area contributed by atoms with Crippen LogP contribution in [0, 0.1) is 0 Å². The number of nitrogens with two attached hydrogens (primary N) is 1. The molecule has 0 saturated carbocycles. The van der Waals surface area contributed by atoms with Crippen LogP contribution in [-0.2, 0) is 9.63 Å². The third kappa shape index (κ3) is 6.15. The highest BCUT2D eigenvalue weighted by Gasteiger charge is 2.16. The van der Waals surface area contributed by atoms with Crippen molar-refractivity contribution >= 4 is 30.1 Å². The molecule has 0 bridgehead atoms. The van der Waals surface area contributed by atoms with Crippen LogP contribution in [0.3, 0.4) is 0 Å². The molecule has 1 atom stereocenters. The van der Waals surface area contributed by atoms with Crippen LogP contribution in [0.5, 0.6) is 0 Å². The first-order valence-electron chi connectivity index (χ1n) is 3.69. The zero-order chi connectivity index (χ0) is 9.56. The molecule has 1 unspecified atom stereocenters. The van der Waals surface area contributed by atoms with Gasteiger partial charge >= 0.3 is 0 Å². The number of carbonyl (C=O) groups is 1. The monoisotopic (exact) mass is 228 g/mol. The van der Waals surface area contributed by atoms with Gasteiger partial charge in [-0.15, -0.1) is 12.4 Å². The summed E-state index contributed by atoms with van der Waals surface area (Å²) in [6.07, 6.45) is 2.67. The number of amides is 1. The number of hydrogen-bond donors (Lipinski definition) is 1. The lowest BCUT2D eigenvalue weighted by molar-refractivity contribution is -0.170. The number of rotatable bonds is 5. The van der Waals surface area contributed by atoms with Crippen molar-refractivity contribution in [3.05, 3.63) is 0 Å². The maximum Gasteiger partial charge on any atom is 0.262 e. The van der Waals surface area contributed by atoms with E-state index in [1.165, 1.54) is 7.11 Å². The normalized spacial score (nSPS) is 11.7. The number of hydrogen-bond acceptors (Lipinski definition) is 4. The second-order valence-electron chi connectivity index (χ2n) is 2.41. The van der Waals surface area contributed by atoms with Crippen LogP contribution in [-0.4, -0.2) is 43.2 Å². The number of hydroxylamine groups is 2. The average Bonchev–Trinajstić information content (AvgIpc) is 2.11. The molecule has 1 amide bonds. The van der Waals surface area contributed by atoms with Crippen molar-refractivity contribution < 1.29 is 9.63 Å². The van der Waals surface area contributed by atoms with Crippen molar-refractivity contribution in [2.24, 2.45) is 5.73 Å². The van der Waals surface area contributed by atoms with E-state index in [4.69, 9.17) is 10.6 Å². The summed E-state index contributed by atoms with van der Waals surface area (Å²) >= 11 is 1.68. The minimum absolute atomic E-state index is 0. The fourth-order valence-electron chi connectivity index (χ4n) is 0.692. The molecule has 0 fully saturated rings. The Balaban J connectivity index is 0. The summed E-state index contributed by atoms with van der Waals surface area (Å²) in [5.74, 6) is 0.719. The molecule has 80 valence electrons. The maximum absolute atomic E-state index is 11.2. The van der Waals surface area contributed by atoms with Gasteiger partial charge in [-0.25, -0.2) is 5.06 Å². The summed E-state index contributed by atoms with van der Waals surface area (Å²) in [6.45, 7) is 0. The number of carbonyl (C=O) groups excluding carboxylic acids is 1. The van der Waals surface area contributed by atoms with Gasteiger partial charge in [0.1, 0.15) is 0 Å². The Kier molecular flexibility index (Phi) is 10.3. The van der Waals surface area contributed by atoms with Crippen LogP contribution in [0.15, 0.2) is 0 Å². The predicted octanol–water partition coefficient (Wildman–Crippen LogP) is 0.508. The minimum atomic E-state index is -0.442. The lowest BCUT2D eigenvalue weighted by Crippen LogP contribution is -2.41. The van der Waals surface area contributed by atoms with Crippen molar-refractivity contribution in [2.75, 3.05) is 26.2 Å². The second kappa shape index (κ2) is 8.62. The summed E-state index contributed by atoms with van der Waals surface area (Å²) in [7, 11) is 3.00. The highest BCUT2D eigenvalue weighted by molar-refractivity contribution is 7.98. The van der Waals surface area contributed by atoms with Crippen LogP contribution in [0.25, 0.3) is 0 Å². The van der Waals surface area contributed by atoms with Gasteiger partial charge in [0.2, 0.25) is 0 Å². The molecule has 0 spiro atoms. The van der Waals surface area contributed by atoms with Gasteiger partial charge in [0, 0.05) is 7.05 Å². The topological polar surface area (TPSA) is 55.6 Å². The van der Waals surface area contributed by atoms with Crippen LogP contribution >= 0.6 is 24.2 Å². The van der Waals surface area contributed by atoms with E-state index >= 15 is 0 Å². The van der Waals surface area contributed by atoms with E-state index in [9.17, 15) is 4.79 Å². The largest absolute Gasteiger partial charge is 0.320 e. The molecule has 4 nitrogen and oxygen atoms in total. The quantitative estimate of drug-likeness (QED) is 0.697. The Morgan fingerprint density at radius 2 is 2.23 bits per heavy atom. The molecule has 0 aromatic carbocycles.